The Kier molecular flexibility index (Phi) is 4.46. The lowest BCUT2D eigenvalue weighted by molar-refractivity contribution is 0.0708. The standard InChI is InChI=1S/C22H26N4O/c1-14-8-5-6-10-18(14)17-9-7-11-26(13-17)22(27)19-12-15(2)23-21-20(19)16(3)24-25(21)4/h5-6,8,10,12,17H,7,9,11,13H2,1-4H3. The van der Waals surface area contributed by atoms with Crippen molar-refractivity contribution in [3.05, 3.63) is 58.4 Å². The molecular formula is C22H26N4O. The van der Waals surface area contributed by atoms with Crippen LogP contribution in [0.25, 0.3) is 11.0 Å². The Labute approximate surface area is 160 Å². The predicted molar refractivity (Wildman–Crippen MR) is 107 cm³/mol. The monoisotopic (exact) mass is 362 g/mol. The van der Waals surface area contributed by atoms with Crippen LogP contribution in [0.4, 0.5) is 0 Å². The number of piperidine rings is 1. The van der Waals surface area contributed by atoms with Gasteiger partial charge in [-0.15, -0.1) is 0 Å². The largest absolute Gasteiger partial charge is 0.338 e. The molecule has 3 aromatic rings. The summed E-state index contributed by atoms with van der Waals surface area (Å²) in [5.41, 5.74) is 5.89. The molecule has 1 aliphatic rings. The van der Waals surface area contributed by atoms with E-state index in [0.717, 1.165) is 53.9 Å². The van der Waals surface area contributed by atoms with Crippen molar-refractivity contribution in [1.29, 1.82) is 0 Å². The summed E-state index contributed by atoms with van der Waals surface area (Å²) in [6, 6.07) is 10.4. The number of hydrogen-bond acceptors (Lipinski definition) is 3. The molecule has 5 heteroatoms. The number of fused-ring (bicyclic) bond motifs is 1. The molecule has 0 saturated carbocycles. The van der Waals surface area contributed by atoms with E-state index in [4.69, 9.17) is 0 Å². The molecule has 1 aliphatic heterocycles. The van der Waals surface area contributed by atoms with E-state index in [9.17, 15) is 4.79 Å². The highest BCUT2D eigenvalue weighted by atomic mass is 16.2. The second kappa shape index (κ2) is 6.80. The SMILES string of the molecule is Cc1cc(C(=O)N2CCCC(c3ccccc3C)C2)c2c(C)nn(C)c2n1. The molecule has 5 nitrogen and oxygen atoms in total. The van der Waals surface area contributed by atoms with Gasteiger partial charge in [-0.2, -0.15) is 5.10 Å². The minimum atomic E-state index is 0.0971. The summed E-state index contributed by atoms with van der Waals surface area (Å²) in [6.45, 7) is 7.62. The molecule has 27 heavy (non-hydrogen) atoms. The number of pyridine rings is 1. The Bertz CT molecular complexity index is 1020. The van der Waals surface area contributed by atoms with Gasteiger partial charge in [0.2, 0.25) is 0 Å². The Balaban J connectivity index is 1.69. The zero-order valence-corrected chi connectivity index (χ0v) is 16.5. The zero-order chi connectivity index (χ0) is 19.1. The molecule has 0 spiro atoms. The van der Waals surface area contributed by atoms with Crippen LogP contribution in [0.2, 0.25) is 0 Å². The van der Waals surface area contributed by atoms with E-state index < -0.39 is 0 Å². The smallest absolute Gasteiger partial charge is 0.254 e. The van der Waals surface area contributed by atoms with E-state index in [1.54, 1.807) is 4.68 Å². The van der Waals surface area contributed by atoms with Crippen LogP contribution in [0.15, 0.2) is 30.3 Å². The molecule has 1 unspecified atom stereocenters. The number of likely N-dealkylation sites (tertiary alicyclic amines) is 1. The quantitative estimate of drug-likeness (QED) is 0.694. The van der Waals surface area contributed by atoms with Gasteiger partial charge in [-0.05, 0) is 50.8 Å². The maximum atomic E-state index is 13.5. The van der Waals surface area contributed by atoms with Crippen molar-refractivity contribution < 1.29 is 4.79 Å². The predicted octanol–water partition coefficient (Wildman–Crippen LogP) is 3.91. The molecule has 0 N–H and O–H groups in total. The van der Waals surface area contributed by atoms with Crippen LogP contribution < -0.4 is 0 Å². The van der Waals surface area contributed by atoms with Gasteiger partial charge in [0, 0.05) is 31.7 Å². The van der Waals surface area contributed by atoms with Gasteiger partial charge in [-0.25, -0.2) is 4.98 Å². The molecule has 1 saturated heterocycles. The Morgan fingerprint density at radius 1 is 1.19 bits per heavy atom. The summed E-state index contributed by atoms with van der Waals surface area (Å²) in [5.74, 6) is 0.497. The van der Waals surface area contributed by atoms with E-state index in [-0.39, 0.29) is 5.91 Å². The Morgan fingerprint density at radius 3 is 2.74 bits per heavy atom. The van der Waals surface area contributed by atoms with Crippen molar-refractivity contribution >= 4 is 16.9 Å². The van der Waals surface area contributed by atoms with Crippen LogP contribution >= 0.6 is 0 Å². The number of aromatic nitrogens is 3. The first-order valence-electron chi connectivity index (χ1n) is 9.61. The number of carbonyl (C=O) groups is 1. The minimum absolute atomic E-state index is 0.0971. The van der Waals surface area contributed by atoms with E-state index in [1.165, 1.54) is 11.1 Å². The van der Waals surface area contributed by atoms with Crippen molar-refractivity contribution in [3.63, 3.8) is 0 Å². The summed E-state index contributed by atoms with van der Waals surface area (Å²) in [6.07, 6.45) is 2.16. The molecule has 1 aromatic carbocycles. The molecule has 3 heterocycles. The topological polar surface area (TPSA) is 51.0 Å². The molecule has 1 amide bonds. The first-order valence-corrected chi connectivity index (χ1v) is 9.61. The number of benzene rings is 1. The molecule has 140 valence electrons. The number of nitrogens with zero attached hydrogens (tertiary/aromatic N) is 4. The lowest BCUT2D eigenvalue weighted by Crippen LogP contribution is -2.39. The van der Waals surface area contributed by atoms with Crippen molar-refractivity contribution in [3.8, 4) is 0 Å². The fourth-order valence-electron chi connectivity index (χ4n) is 4.37. The van der Waals surface area contributed by atoms with E-state index in [0.29, 0.717) is 5.92 Å². The highest BCUT2D eigenvalue weighted by Crippen LogP contribution is 2.31. The van der Waals surface area contributed by atoms with Gasteiger partial charge in [-0.1, -0.05) is 24.3 Å². The van der Waals surface area contributed by atoms with Gasteiger partial charge in [0.1, 0.15) is 0 Å². The van der Waals surface area contributed by atoms with Gasteiger partial charge >= 0.3 is 0 Å². The Hall–Kier alpha value is -2.69. The molecular weight excluding hydrogens is 336 g/mol. The third kappa shape index (κ3) is 3.11. The Morgan fingerprint density at radius 2 is 1.96 bits per heavy atom. The van der Waals surface area contributed by atoms with Crippen molar-refractivity contribution in [2.45, 2.75) is 39.5 Å². The number of amides is 1. The van der Waals surface area contributed by atoms with Gasteiger partial charge in [0.15, 0.2) is 5.65 Å². The average Bonchev–Trinajstić information content (AvgIpc) is 2.94. The molecule has 4 rings (SSSR count). The number of hydrogen-bond donors (Lipinski definition) is 0. The minimum Gasteiger partial charge on any atom is -0.338 e. The molecule has 1 fully saturated rings. The lowest BCUT2D eigenvalue weighted by Gasteiger charge is -2.34. The van der Waals surface area contributed by atoms with Crippen LogP contribution in [0.3, 0.4) is 0 Å². The number of rotatable bonds is 2. The third-order valence-electron chi connectivity index (χ3n) is 5.66. The van der Waals surface area contributed by atoms with Gasteiger partial charge < -0.3 is 4.90 Å². The second-order valence-electron chi connectivity index (χ2n) is 7.67. The van der Waals surface area contributed by atoms with E-state index >= 15 is 0 Å². The van der Waals surface area contributed by atoms with Crippen LogP contribution in [0.1, 0.15) is 51.6 Å². The van der Waals surface area contributed by atoms with Crippen molar-refractivity contribution in [2.24, 2.45) is 7.05 Å². The molecule has 2 aromatic heterocycles. The van der Waals surface area contributed by atoms with Crippen LogP contribution in [0, 0.1) is 20.8 Å². The van der Waals surface area contributed by atoms with Crippen molar-refractivity contribution in [1.82, 2.24) is 19.7 Å². The molecule has 1 atom stereocenters. The molecule has 0 aliphatic carbocycles. The highest BCUT2D eigenvalue weighted by Gasteiger charge is 2.28. The summed E-state index contributed by atoms with van der Waals surface area (Å²) in [7, 11) is 1.88. The summed E-state index contributed by atoms with van der Waals surface area (Å²) in [4.78, 5) is 20.1. The fourth-order valence-corrected chi connectivity index (χ4v) is 4.37. The maximum absolute atomic E-state index is 13.5. The third-order valence-corrected chi connectivity index (χ3v) is 5.66. The first-order chi connectivity index (χ1) is 13.0. The number of aryl methyl sites for hydroxylation is 4. The molecule has 0 bridgehead atoms. The number of carbonyl (C=O) groups excluding carboxylic acids is 1. The van der Waals surface area contributed by atoms with Gasteiger partial charge in [0.05, 0.1) is 16.6 Å². The summed E-state index contributed by atoms with van der Waals surface area (Å²) in [5, 5.41) is 5.36. The molecule has 0 radical (unpaired) electrons. The highest BCUT2D eigenvalue weighted by molar-refractivity contribution is 6.06. The van der Waals surface area contributed by atoms with Crippen LogP contribution in [-0.4, -0.2) is 38.7 Å². The van der Waals surface area contributed by atoms with Crippen LogP contribution in [0.5, 0.6) is 0 Å². The maximum Gasteiger partial charge on any atom is 0.254 e. The van der Waals surface area contributed by atoms with Gasteiger partial charge in [-0.3, -0.25) is 9.48 Å². The fraction of sp³-hybridized carbons (Fsp3) is 0.409. The van der Waals surface area contributed by atoms with Gasteiger partial charge in [0.25, 0.3) is 5.91 Å². The van der Waals surface area contributed by atoms with E-state index in [1.807, 2.05) is 31.9 Å². The lowest BCUT2D eigenvalue weighted by atomic mass is 9.87. The van der Waals surface area contributed by atoms with E-state index in [2.05, 4.69) is 41.3 Å². The average molecular weight is 362 g/mol. The summed E-state index contributed by atoms with van der Waals surface area (Å²) >= 11 is 0. The summed E-state index contributed by atoms with van der Waals surface area (Å²) < 4.78 is 1.76. The van der Waals surface area contributed by atoms with Crippen LogP contribution in [-0.2, 0) is 7.05 Å². The zero-order valence-electron chi connectivity index (χ0n) is 16.5. The second-order valence-corrected chi connectivity index (χ2v) is 7.67. The normalized spacial score (nSPS) is 17.5. The first kappa shape index (κ1) is 17.7. The van der Waals surface area contributed by atoms with Crippen molar-refractivity contribution in [2.75, 3.05) is 13.1 Å².